The van der Waals surface area contributed by atoms with Crippen molar-refractivity contribution < 1.29 is 19.5 Å². The molecule has 178 valence electrons. The zero-order chi connectivity index (χ0) is 24.5. The Morgan fingerprint density at radius 3 is 2.15 bits per heavy atom. The van der Waals surface area contributed by atoms with Gasteiger partial charge in [0.15, 0.2) is 0 Å². The number of hydrogen-bond donors (Lipinski definition) is 5. The van der Waals surface area contributed by atoms with Crippen LogP contribution in [-0.2, 0) is 27.2 Å². The second-order valence-corrected chi connectivity index (χ2v) is 8.43. The number of nitrogens with one attached hydrogen (secondary N) is 3. The van der Waals surface area contributed by atoms with Crippen LogP contribution >= 0.6 is 0 Å². The van der Waals surface area contributed by atoms with Crippen LogP contribution in [0.1, 0.15) is 36.1 Å². The molecule has 0 saturated heterocycles. The van der Waals surface area contributed by atoms with E-state index in [1.54, 1.807) is 19.1 Å². The molecule has 0 radical (unpaired) electrons. The number of rotatable bonds is 10. The first-order chi connectivity index (χ1) is 15.6. The number of aryl methyl sites for hydroxylation is 2. The maximum absolute atomic E-state index is 12.6. The highest BCUT2D eigenvalue weighted by molar-refractivity contribution is 5.89. The number of amides is 3. The third-order valence-electron chi connectivity index (χ3n) is 5.45. The van der Waals surface area contributed by atoms with Crippen LogP contribution in [0.2, 0.25) is 0 Å². The summed E-state index contributed by atoms with van der Waals surface area (Å²) in [4.78, 5) is 36.6. The molecule has 0 aliphatic heterocycles. The normalized spacial score (nSPS) is 13.5. The lowest BCUT2D eigenvalue weighted by molar-refractivity contribution is -0.129. The van der Waals surface area contributed by atoms with E-state index >= 15 is 0 Å². The zero-order valence-corrected chi connectivity index (χ0v) is 19.6. The summed E-state index contributed by atoms with van der Waals surface area (Å²) in [6.07, 6.45) is 0.859. The number of nitrogens with two attached hydrogens (primary N) is 1. The van der Waals surface area contributed by atoms with E-state index in [1.165, 1.54) is 6.92 Å². The highest BCUT2D eigenvalue weighted by Crippen LogP contribution is 2.21. The lowest BCUT2D eigenvalue weighted by atomic mass is 9.96. The molecule has 8 heteroatoms. The van der Waals surface area contributed by atoms with E-state index in [1.807, 2.05) is 44.2 Å². The van der Waals surface area contributed by atoms with Crippen LogP contribution in [0.5, 0.6) is 5.75 Å². The molecule has 0 fully saturated rings. The van der Waals surface area contributed by atoms with E-state index in [0.29, 0.717) is 12.8 Å². The minimum absolute atomic E-state index is 0.168. The zero-order valence-electron chi connectivity index (χ0n) is 19.6. The van der Waals surface area contributed by atoms with E-state index < -0.39 is 18.0 Å². The molecular weight excluding hydrogens is 420 g/mol. The van der Waals surface area contributed by atoms with E-state index in [2.05, 4.69) is 16.0 Å². The lowest BCUT2D eigenvalue weighted by Crippen LogP contribution is -2.53. The first-order valence-electron chi connectivity index (χ1n) is 11.0. The van der Waals surface area contributed by atoms with Gasteiger partial charge in [0, 0.05) is 13.5 Å². The minimum Gasteiger partial charge on any atom is -0.508 e. The van der Waals surface area contributed by atoms with Crippen molar-refractivity contribution in [3.05, 3.63) is 64.7 Å². The first kappa shape index (κ1) is 25.9. The Morgan fingerprint density at radius 1 is 0.970 bits per heavy atom. The van der Waals surface area contributed by atoms with Crippen LogP contribution in [0.4, 0.5) is 0 Å². The maximum atomic E-state index is 12.6. The molecule has 0 unspecified atom stereocenters. The largest absolute Gasteiger partial charge is 0.508 e. The molecule has 8 nitrogen and oxygen atoms in total. The maximum Gasteiger partial charge on any atom is 0.242 e. The van der Waals surface area contributed by atoms with Gasteiger partial charge in [-0.05, 0) is 68.0 Å². The fourth-order valence-corrected chi connectivity index (χ4v) is 3.73. The number of phenols is 1. The monoisotopic (exact) mass is 454 g/mol. The molecule has 0 aliphatic carbocycles. The quantitative estimate of drug-likeness (QED) is 0.368. The first-order valence-corrected chi connectivity index (χ1v) is 11.0. The van der Waals surface area contributed by atoms with Gasteiger partial charge in [-0.25, -0.2) is 0 Å². The van der Waals surface area contributed by atoms with E-state index in [0.717, 1.165) is 22.3 Å². The lowest BCUT2D eigenvalue weighted by Gasteiger charge is -2.22. The van der Waals surface area contributed by atoms with Gasteiger partial charge in [-0.3, -0.25) is 14.4 Å². The SMILES string of the molecule is CC(=O)N[C@H](CNC(=O)[C@@H](C)NC(=O)[C@@H](N)Cc1c(C)cc(O)cc1C)Cc1ccccc1. The molecule has 0 aliphatic rings. The van der Waals surface area contributed by atoms with Crippen molar-refractivity contribution in [2.75, 3.05) is 6.54 Å². The van der Waals surface area contributed by atoms with Crippen LogP contribution in [0, 0.1) is 13.8 Å². The summed E-state index contributed by atoms with van der Waals surface area (Å²) in [5.41, 5.74) is 9.72. The van der Waals surface area contributed by atoms with Crippen molar-refractivity contribution in [2.45, 2.75) is 58.7 Å². The van der Waals surface area contributed by atoms with E-state index in [-0.39, 0.29) is 30.2 Å². The average Bonchev–Trinajstić information content (AvgIpc) is 2.74. The molecule has 3 amide bonds. The van der Waals surface area contributed by atoms with Gasteiger partial charge in [-0.1, -0.05) is 30.3 Å². The Hall–Kier alpha value is -3.39. The molecular formula is C25H34N4O4. The van der Waals surface area contributed by atoms with Crippen LogP contribution in [0.25, 0.3) is 0 Å². The molecule has 2 aromatic rings. The Labute approximate surface area is 195 Å². The molecule has 0 heterocycles. The third-order valence-corrected chi connectivity index (χ3v) is 5.45. The summed E-state index contributed by atoms with van der Waals surface area (Å²) in [5.74, 6) is -0.817. The summed E-state index contributed by atoms with van der Waals surface area (Å²) < 4.78 is 0. The number of aromatic hydroxyl groups is 1. The summed E-state index contributed by atoms with van der Waals surface area (Å²) in [6.45, 7) is 6.95. The third kappa shape index (κ3) is 8.23. The van der Waals surface area contributed by atoms with Gasteiger partial charge < -0.3 is 26.8 Å². The standard InChI is InChI=1S/C25H34N4O4/c1-15-10-21(31)11-16(2)22(15)13-23(26)25(33)28-17(3)24(32)27-14-20(29-18(4)30)12-19-8-6-5-7-9-19/h5-11,17,20,23,31H,12-14,26H2,1-4H3,(H,27,32)(H,28,33)(H,29,30)/t17-,20+,23+/m1/s1. The summed E-state index contributed by atoms with van der Waals surface area (Å²) >= 11 is 0. The molecule has 3 atom stereocenters. The Bertz CT molecular complexity index is 955. The summed E-state index contributed by atoms with van der Waals surface area (Å²) in [7, 11) is 0. The topological polar surface area (TPSA) is 134 Å². The predicted octanol–water partition coefficient (Wildman–Crippen LogP) is 1.25. The van der Waals surface area contributed by atoms with Gasteiger partial charge in [-0.2, -0.15) is 0 Å². The molecule has 6 N–H and O–H groups in total. The minimum atomic E-state index is -0.840. The fraction of sp³-hybridized carbons (Fsp3) is 0.400. The Kier molecular flexibility index (Phi) is 9.42. The second-order valence-electron chi connectivity index (χ2n) is 8.43. The fourth-order valence-electron chi connectivity index (χ4n) is 3.73. The number of hydrogen-bond acceptors (Lipinski definition) is 5. The summed E-state index contributed by atoms with van der Waals surface area (Å²) in [5, 5.41) is 18.0. The van der Waals surface area contributed by atoms with Crippen LogP contribution in [-0.4, -0.2) is 47.5 Å². The van der Waals surface area contributed by atoms with Gasteiger partial charge in [0.25, 0.3) is 0 Å². The van der Waals surface area contributed by atoms with Gasteiger partial charge in [0.05, 0.1) is 12.1 Å². The molecule has 2 rings (SSSR count). The average molecular weight is 455 g/mol. The number of benzene rings is 2. The molecule has 2 aromatic carbocycles. The van der Waals surface area contributed by atoms with Gasteiger partial charge in [-0.15, -0.1) is 0 Å². The molecule has 0 bridgehead atoms. The molecule has 0 saturated carbocycles. The molecule has 33 heavy (non-hydrogen) atoms. The number of carbonyl (C=O) groups excluding carboxylic acids is 3. The van der Waals surface area contributed by atoms with Crippen molar-refractivity contribution in [3.63, 3.8) is 0 Å². The highest BCUT2D eigenvalue weighted by atomic mass is 16.3. The van der Waals surface area contributed by atoms with Crippen molar-refractivity contribution in [3.8, 4) is 5.75 Å². The van der Waals surface area contributed by atoms with Gasteiger partial charge >= 0.3 is 0 Å². The highest BCUT2D eigenvalue weighted by Gasteiger charge is 2.22. The van der Waals surface area contributed by atoms with Crippen molar-refractivity contribution >= 4 is 17.7 Å². The van der Waals surface area contributed by atoms with Gasteiger partial charge in [0.1, 0.15) is 11.8 Å². The smallest absolute Gasteiger partial charge is 0.242 e. The summed E-state index contributed by atoms with van der Waals surface area (Å²) in [6, 6.07) is 11.0. The van der Waals surface area contributed by atoms with Crippen LogP contribution in [0.3, 0.4) is 0 Å². The Morgan fingerprint density at radius 2 is 1.58 bits per heavy atom. The second kappa shape index (κ2) is 12.0. The van der Waals surface area contributed by atoms with Gasteiger partial charge in [0.2, 0.25) is 17.7 Å². The number of phenolic OH excluding ortho intramolecular Hbond substituents is 1. The predicted molar refractivity (Wildman–Crippen MR) is 128 cm³/mol. The molecule has 0 aromatic heterocycles. The Balaban J connectivity index is 1.90. The van der Waals surface area contributed by atoms with Crippen molar-refractivity contribution in [1.29, 1.82) is 0 Å². The van der Waals surface area contributed by atoms with E-state index in [4.69, 9.17) is 5.73 Å². The van der Waals surface area contributed by atoms with Crippen LogP contribution in [0.15, 0.2) is 42.5 Å². The van der Waals surface area contributed by atoms with E-state index in [9.17, 15) is 19.5 Å². The van der Waals surface area contributed by atoms with Crippen LogP contribution < -0.4 is 21.7 Å². The number of carbonyl (C=O) groups is 3. The van der Waals surface area contributed by atoms with Crippen molar-refractivity contribution in [1.82, 2.24) is 16.0 Å². The molecule has 0 spiro atoms. The van der Waals surface area contributed by atoms with Crippen molar-refractivity contribution in [2.24, 2.45) is 5.73 Å².